The monoisotopic (exact) mass is 978 g/mol. The first-order chi connectivity index (χ1) is 31.8. The Morgan fingerprint density at radius 1 is 0.537 bits per heavy atom. The van der Waals surface area contributed by atoms with Crippen LogP contribution in [0.1, 0.15) is 56.2 Å². The van der Waals surface area contributed by atoms with Gasteiger partial charge in [-0.1, -0.05) is 35.3 Å². The highest BCUT2D eigenvalue weighted by molar-refractivity contribution is 6.30. The standard InChI is InChI=1S/C29H31ClF3NO4.C21H23ClF3NO3/c1-28(38-24-9-5-22(30)6-10-24)13-15-34(16-14-28)17-18-36-25-11-12-26(29(31,32)33)27(19-25)37-20-21-3-7-23(35-2)8-4-21;1-20(29-16-4-2-15(22)3-5-16)8-10-26(11-9-20)12-13-28-17-6-7-18(19(27)14-17)21(23,24)25/h3-12,19H,13-18,20H2,1-2H3;2-7,14,27H,8-13H2,1H3. The number of methoxy groups -OCH3 is 1. The van der Waals surface area contributed by atoms with Crippen molar-refractivity contribution in [3.63, 3.8) is 0 Å². The van der Waals surface area contributed by atoms with Gasteiger partial charge in [0.15, 0.2) is 0 Å². The largest absolute Gasteiger partial charge is 0.507 e. The van der Waals surface area contributed by atoms with Gasteiger partial charge in [0.05, 0.1) is 18.2 Å². The number of aromatic hydroxyl groups is 1. The van der Waals surface area contributed by atoms with E-state index in [9.17, 15) is 31.4 Å². The number of alkyl halides is 6. The molecule has 5 aromatic carbocycles. The third kappa shape index (κ3) is 15.7. The van der Waals surface area contributed by atoms with Gasteiger partial charge >= 0.3 is 12.4 Å². The van der Waals surface area contributed by atoms with E-state index in [0.29, 0.717) is 47.8 Å². The van der Waals surface area contributed by atoms with Crippen molar-refractivity contribution in [2.24, 2.45) is 0 Å². The van der Waals surface area contributed by atoms with E-state index < -0.39 is 29.2 Å². The summed E-state index contributed by atoms with van der Waals surface area (Å²) in [6.07, 6.45) is -5.74. The Labute approximate surface area is 397 Å². The van der Waals surface area contributed by atoms with Crippen LogP contribution in [0.4, 0.5) is 26.3 Å². The molecule has 17 heteroatoms. The Bertz CT molecular complexity index is 2320. The Morgan fingerprint density at radius 3 is 1.36 bits per heavy atom. The van der Waals surface area contributed by atoms with Gasteiger partial charge in [-0.3, -0.25) is 9.80 Å². The van der Waals surface area contributed by atoms with E-state index in [0.717, 1.165) is 87.1 Å². The number of rotatable bonds is 16. The molecule has 0 atom stereocenters. The van der Waals surface area contributed by atoms with Crippen LogP contribution < -0.4 is 28.4 Å². The molecule has 67 heavy (non-hydrogen) atoms. The zero-order valence-electron chi connectivity index (χ0n) is 37.4. The number of ether oxygens (including phenoxy) is 6. The number of halogens is 8. The second-order valence-electron chi connectivity index (χ2n) is 16.9. The normalized spacial score (nSPS) is 16.3. The molecule has 0 spiro atoms. The van der Waals surface area contributed by atoms with E-state index in [2.05, 4.69) is 23.6 Å². The molecule has 2 fully saturated rings. The summed E-state index contributed by atoms with van der Waals surface area (Å²) in [5.74, 6) is 1.69. The van der Waals surface area contributed by atoms with Gasteiger partial charge in [-0.05, 0) is 130 Å². The van der Waals surface area contributed by atoms with Crippen LogP contribution in [0.5, 0.6) is 40.2 Å². The van der Waals surface area contributed by atoms with Crippen LogP contribution in [0.15, 0.2) is 109 Å². The van der Waals surface area contributed by atoms with Crippen molar-refractivity contribution in [3.8, 4) is 40.2 Å². The molecular formula is C50H54Cl2F6N2O7. The van der Waals surface area contributed by atoms with E-state index in [1.807, 2.05) is 36.4 Å². The fourth-order valence-electron chi connectivity index (χ4n) is 7.53. The highest BCUT2D eigenvalue weighted by atomic mass is 35.5. The van der Waals surface area contributed by atoms with Crippen LogP contribution in [-0.4, -0.2) is 85.7 Å². The second kappa shape index (κ2) is 22.7. The van der Waals surface area contributed by atoms with Gasteiger partial charge < -0.3 is 33.5 Å². The van der Waals surface area contributed by atoms with Gasteiger partial charge in [-0.25, -0.2) is 0 Å². The van der Waals surface area contributed by atoms with Crippen molar-refractivity contribution in [2.45, 2.75) is 69.7 Å². The lowest BCUT2D eigenvalue weighted by atomic mass is 9.93. The lowest BCUT2D eigenvalue weighted by Crippen LogP contribution is -2.47. The second-order valence-corrected chi connectivity index (χ2v) is 17.7. The van der Waals surface area contributed by atoms with Gasteiger partial charge in [-0.15, -0.1) is 0 Å². The highest BCUT2D eigenvalue weighted by Crippen LogP contribution is 2.40. The lowest BCUT2D eigenvalue weighted by Gasteiger charge is -2.39. The van der Waals surface area contributed by atoms with E-state index in [4.69, 9.17) is 51.6 Å². The van der Waals surface area contributed by atoms with E-state index in [-0.39, 0.29) is 29.3 Å². The molecule has 2 heterocycles. The summed E-state index contributed by atoms with van der Waals surface area (Å²) >= 11 is 11.9. The molecule has 2 saturated heterocycles. The average molecular weight is 980 g/mol. The number of nitrogens with zero attached hydrogens (tertiary/aromatic N) is 2. The summed E-state index contributed by atoms with van der Waals surface area (Å²) in [5, 5.41) is 10.9. The number of hydrogen-bond acceptors (Lipinski definition) is 9. The molecule has 9 nitrogen and oxygen atoms in total. The molecule has 0 unspecified atom stereocenters. The zero-order valence-corrected chi connectivity index (χ0v) is 38.9. The molecule has 0 aliphatic carbocycles. The van der Waals surface area contributed by atoms with Crippen molar-refractivity contribution in [1.29, 1.82) is 0 Å². The number of phenols is 1. The molecule has 362 valence electrons. The minimum atomic E-state index is -4.59. The summed E-state index contributed by atoms with van der Waals surface area (Å²) in [4.78, 5) is 4.48. The zero-order chi connectivity index (χ0) is 48.2. The first kappa shape index (κ1) is 51.2. The van der Waals surface area contributed by atoms with Gasteiger partial charge in [0.1, 0.15) is 71.3 Å². The van der Waals surface area contributed by atoms with Gasteiger partial charge in [0.2, 0.25) is 0 Å². The van der Waals surface area contributed by atoms with Crippen molar-refractivity contribution in [2.75, 3.05) is 59.6 Å². The maximum atomic E-state index is 13.6. The molecule has 0 aromatic heterocycles. The lowest BCUT2D eigenvalue weighted by molar-refractivity contribution is -0.139. The first-order valence-corrected chi connectivity index (χ1v) is 22.5. The molecule has 0 amide bonds. The van der Waals surface area contributed by atoms with Crippen LogP contribution in [0, 0.1) is 0 Å². The maximum Gasteiger partial charge on any atom is 0.419 e. The van der Waals surface area contributed by atoms with Crippen LogP contribution in [0.2, 0.25) is 10.0 Å². The van der Waals surface area contributed by atoms with E-state index >= 15 is 0 Å². The molecule has 0 saturated carbocycles. The molecule has 2 aliphatic rings. The van der Waals surface area contributed by atoms with Crippen molar-refractivity contribution < 1.29 is 59.9 Å². The maximum absolute atomic E-state index is 13.6. The Kier molecular flexibility index (Phi) is 17.4. The first-order valence-electron chi connectivity index (χ1n) is 21.7. The van der Waals surface area contributed by atoms with Crippen LogP contribution in [0.3, 0.4) is 0 Å². The predicted molar refractivity (Wildman–Crippen MR) is 245 cm³/mol. The predicted octanol–water partition coefficient (Wildman–Crippen LogP) is 12.6. The quantitative estimate of drug-likeness (QED) is 0.0972. The number of piperidine rings is 2. The fraction of sp³-hybridized carbons (Fsp3) is 0.400. The number of likely N-dealkylation sites (tertiary alicyclic amines) is 2. The molecular weight excluding hydrogens is 925 g/mol. The van der Waals surface area contributed by atoms with Crippen molar-refractivity contribution >= 4 is 23.2 Å². The molecule has 0 bridgehead atoms. The molecule has 7 rings (SSSR count). The summed E-state index contributed by atoms with van der Waals surface area (Å²) in [6, 6.07) is 28.3. The molecule has 5 aromatic rings. The summed E-state index contributed by atoms with van der Waals surface area (Å²) in [7, 11) is 1.55. The van der Waals surface area contributed by atoms with Crippen molar-refractivity contribution in [1.82, 2.24) is 9.80 Å². The summed E-state index contributed by atoms with van der Waals surface area (Å²) < 4.78 is 113. The summed E-state index contributed by atoms with van der Waals surface area (Å²) in [5.41, 5.74) is -1.71. The SMILES string of the molecule is CC1(Oc2ccc(Cl)cc2)CCN(CCOc2ccc(C(F)(F)F)c(O)c2)CC1.COc1ccc(COc2cc(OCCN3CCC(C)(Oc4ccc(Cl)cc4)CC3)ccc2C(F)(F)F)cc1. The topological polar surface area (TPSA) is 82.1 Å². The van der Waals surface area contributed by atoms with E-state index in [1.54, 1.807) is 43.5 Å². The third-order valence-corrected chi connectivity index (χ3v) is 12.1. The van der Waals surface area contributed by atoms with Crippen LogP contribution in [-0.2, 0) is 19.0 Å². The van der Waals surface area contributed by atoms with Crippen molar-refractivity contribution in [3.05, 3.63) is 136 Å². The molecule has 1 N–H and O–H groups in total. The van der Waals surface area contributed by atoms with Gasteiger partial charge in [0, 0.05) is 61.4 Å². The fourth-order valence-corrected chi connectivity index (χ4v) is 7.78. The van der Waals surface area contributed by atoms with Gasteiger partial charge in [-0.2, -0.15) is 26.3 Å². The Morgan fingerprint density at radius 2 is 0.940 bits per heavy atom. The third-order valence-electron chi connectivity index (χ3n) is 11.6. The molecule has 2 aliphatic heterocycles. The summed E-state index contributed by atoms with van der Waals surface area (Å²) in [6.45, 7) is 9.44. The average Bonchev–Trinajstić information content (AvgIpc) is 3.28. The molecule has 0 radical (unpaired) electrons. The minimum Gasteiger partial charge on any atom is -0.507 e. The number of phenolic OH excluding ortho intramolecular Hbond substituents is 1. The van der Waals surface area contributed by atoms with E-state index in [1.165, 1.54) is 18.2 Å². The van der Waals surface area contributed by atoms with Gasteiger partial charge in [0.25, 0.3) is 0 Å². The van der Waals surface area contributed by atoms with Crippen LogP contribution in [0.25, 0.3) is 0 Å². The van der Waals surface area contributed by atoms with Crippen LogP contribution >= 0.6 is 23.2 Å². The smallest absolute Gasteiger partial charge is 0.419 e. The number of hydrogen-bond donors (Lipinski definition) is 1. The highest BCUT2D eigenvalue weighted by Gasteiger charge is 2.36. The Balaban J connectivity index is 0.000000229. The number of benzene rings is 5. The Hall–Kier alpha value is -5.22. The minimum absolute atomic E-state index is 0.0127.